The molecule has 0 spiro atoms. The summed E-state index contributed by atoms with van der Waals surface area (Å²) in [5, 5.41) is 9.25. The molecular weight excluding hydrogens is 294 g/mol. The fourth-order valence-corrected chi connectivity index (χ4v) is 2.61. The Kier molecular flexibility index (Phi) is 5.81. The third-order valence-electron chi connectivity index (χ3n) is 3.54. The summed E-state index contributed by atoms with van der Waals surface area (Å²) < 4.78 is 5.49. The number of nitrogen functional groups attached to an aromatic ring is 1. The molecule has 0 saturated carbocycles. The molecule has 0 atom stereocenters. The highest BCUT2D eigenvalue weighted by Gasteiger charge is 2.25. The van der Waals surface area contributed by atoms with Crippen LogP contribution in [0.25, 0.3) is 0 Å². The van der Waals surface area contributed by atoms with Crippen molar-refractivity contribution in [2.24, 2.45) is 5.84 Å². The summed E-state index contributed by atoms with van der Waals surface area (Å²) >= 11 is 5.95. The first-order chi connectivity index (χ1) is 10.2. The van der Waals surface area contributed by atoms with Gasteiger partial charge in [0.25, 0.3) is 5.91 Å². The van der Waals surface area contributed by atoms with E-state index in [-0.39, 0.29) is 18.6 Å². The maximum Gasteiger partial charge on any atom is 0.256 e. The zero-order valence-electron chi connectivity index (χ0n) is 11.7. The number of amides is 1. The lowest BCUT2D eigenvalue weighted by Gasteiger charge is -2.32. The van der Waals surface area contributed by atoms with Crippen molar-refractivity contribution in [3.05, 3.63) is 28.8 Å². The first kappa shape index (κ1) is 16.0. The number of nitrogens with one attached hydrogen (secondary N) is 1. The number of rotatable bonds is 5. The summed E-state index contributed by atoms with van der Waals surface area (Å²) in [5.74, 6) is 5.35. The lowest BCUT2D eigenvalue weighted by Crippen LogP contribution is -2.41. The van der Waals surface area contributed by atoms with Crippen LogP contribution in [0.1, 0.15) is 23.2 Å². The second-order valence-corrected chi connectivity index (χ2v) is 5.36. The molecule has 1 fully saturated rings. The fraction of sp³-hybridized carbons (Fsp3) is 0.500. The quantitative estimate of drug-likeness (QED) is 0.562. The molecule has 0 unspecified atom stereocenters. The normalized spacial score (nSPS) is 16.0. The number of likely N-dealkylation sites (tertiary alicyclic amines) is 1. The van der Waals surface area contributed by atoms with E-state index in [2.05, 4.69) is 5.43 Å². The van der Waals surface area contributed by atoms with Crippen molar-refractivity contribution in [1.82, 2.24) is 4.90 Å². The van der Waals surface area contributed by atoms with Gasteiger partial charge in [0, 0.05) is 18.1 Å². The molecule has 116 valence electrons. The molecule has 0 aliphatic carbocycles. The Morgan fingerprint density at radius 3 is 2.81 bits per heavy atom. The summed E-state index contributed by atoms with van der Waals surface area (Å²) in [6.45, 7) is 1.60. The Morgan fingerprint density at radius 2 is 2.19 bits per heavy atom. The number of halogens is 1. The molecule has 1 saturated heterocycles. The van der Waals surface area contributed by atoms with E-state index in [0.29, 0.717) is 36.0 Å². The van der Waals surface area contributed by atoms with Crippen molar-refractivity contribution < 1.29 is 14.6 Å². The molecule has 6 nitrogen and oxygen atoms in total. The Balaban J connectivity index is 2.00. The topological polar surface area (TPSA) is 87.8 Å². The first-order valence-electron chi connectivity index (χ1n) is 6.93. The van der Waals surface area contributed by atoms with Crippen LogP contribution in [0.3, 0.4) is 0 Å². The Bertz CT molecular complexity index is 490. The number of carbonyl (C=O) groups is 1. The number of hydrogen-bond donors (Lipinski definition) is 3. The Morgan fingerprint density at radius 1 is 1.48 bits per heavy atom. The van der Waals surface area contributed by atoms with E-state index < -0.39 is 0 Å². The van der Waals surface area contributed by atoms with Crippen LogP contribution in [0, 0.1) is 0 Å². The maximum absolute atomic E-state index is 12.5. The molecule has 1 aromatic carbocycles. The fourth-order valence-electron chi connectivity index (χ4n) is 2.43. The van der Waals surface area contributed by atoms with E-state index in [0.717, 1.165) is 12.8 Å². The summed E-state index contributed by atoms with van der Waals surface area (Å²) in [4.78, 5) is 14.3. The lowest BCUT2D eigenvalue weighted by atomic mass is 10.1. The minimum atomic E-state index is -0.0916. The van der Waals surface area contributed by atoms with E-state index in [1.54, 1.807) is 23.1 Å². The summed E-state index contributed by atoms with van der Waals surface area (Å²) in [7, 11) is 0. The summed E-state index contributed by atoms with van der Waals surface area (Å²) in [6.07, 6.45) is 1.63. The molecule has 1 aliphatic rings. The number of piperidine rings is 1. The number of anilines is 1. The van der Waals surface area contributed by atoms with E-state index in [1.165, 1.54) is 0 Å². The van der Waals surface area contributed by atoms with Crippen molar-refractivity contribution in [3.63, 3.8) is 0 Å². The molecule has 1 heterocycles. The van der Waals surface area contributed by atoms with E-state index >= 15 is 0 Å². The second-order valence-electron chi connectivity index (χ2n) is 4.92. The van der Waals surface area contributed by atoms with Crippen LogP contribution >= 0.6 is 11.6 Å². The molecule has 0 bridgehead atoms. The molecule has 0 radical (unpaired) electrons. The van der Waals surface area contributed by atoms with Gasteiger partial charge in [-0.1, -0.05) is 11.6 Å². The number of hydrogen-bond acceptors (Lipinski definition) is 5. The van der Waals surface area contributed by atoms with Gasteiger partial charge in [-0.2, -0.15) is 0 Å². The number of aliphatic hydroxyl groups is 1. The van der Waals surface area contributed by atoms with Crippen LogP contribution in [0.15, 0.2) is 18.2 Å². The summed E-state index contributed by atoms with van der Waals surface area (Å²) in [6, 6.07) is 4.99. The largest absolute Gasteiger partial charge is 0.394 e. The molecular formula is C14H20ClN3O3. The number of nitrogens with two attached hydrogens (primary N) is 1. The van der Waals surface area contributed by atoms with E-state index in [4.69, 9.17) is 27.3 Å². The van der Waals surface area contributed by atoms with Crippen molar-refractivity contribution in [1.29, 1.82) is 0 Å². The Labute approximate surface area is 128 Å². The molecule has 1 amide bonds. The second kappa shape index (κ2) is 7.61. The first-order valence-corrected chi connectivity index (χ1v) is 7.31. The highest BCUT2D eigenvalue weighted by atomic mass is 35.5. The standard InChI is InChI=1S/C14H20ClN3O3/c15-10-1-2-13(17-16)12(9-10)14(20)18-5-3-11(4-6-18)21-8-7-19/h1-2,9,11,17,19H,3-8,16H2. The van der Waals surface area contributed by atoms with Crippen LogP contribution in [-0.2, 0) is 4.74 Å². The van der Waals surface area contributed by atoms with Gasteiger partial charge in [-0.05, 0) is 31.0 Å². The molecule has 7 heteroatoms. The van der Waals surface area contributed by atoms with Crippen LogP contribution in [0.5, 0.6) is 0 Å². The molecule has 1 aliphatic heterocycles. The minimum absolute atomic E-state index is 0.0210. The molecule has 21 heavy (non-hydrogen) atoms. The summed E-state index contributed by atoms with van der Waals surface area (Å²) in [5.41, 5.74) is 3.55. The molecule has 4 N–H and O–H groups in total. The lowest BCUT2D eigenvalue weighted by molar-refractivity contribution is -0.00552. The third-order valence-corrected chi connectivity index (χ3v) is 3.78. The SMILES string of the molecule is NNc1ccc(Cl)cc1C(=O)N1CCC(OCCO)CC1. The highest BCUT2D eigenvalue weighted by molar-refractivity contribution is 6.31. The molecule has 1 aromatic rings. The molecule has 0 aromatic heterocycles. The monoisotopic (exact) mass is 313 g/mol. The van der Waals surface area contributed by atoms with Gasteiger partial charge in [-0.15, -0.1) is 0 Å². The number of hydrazine groups is 1. The predicted octanol–water partition coefficient (Wildman–Crippen LogP) is 1.24. The van der Waals surface area contributed by atoms with Crippen molar-refractivity contribution in [3.8, 4) is 0 Å². The molecule has 2 rings (SSSR count). The van der Waals surface area contributed by atoms with Gasteiger partial charge < -0.3 is 20.2 Å². The maximum atomic E-state index is 12.5. The smallest absolute Gasteiger partial charge is 0.256 e. The van der Waals surface area contributed by atoms with E-state index in [9.17, 15) is 4.79 Å². The van der Waals surface area contributed by atoms with Crippen molar-refractivity contribution in [2.75, 3.05) is 31.7 Å². The average molecular weight is 314 g/mol. The number of aliphatic hydroxyl groups excluding tert-OH is 1. The van der Waals surface area contributed by atoms with Gasteiger partial charge in [0.15, 0.2) is 0 Å². The van der Waals surface area contributed by atoms with Crippen LogP contribution in [-0.4, -0.2) is 48.3 Å². The van der Waals surface area contributed by atoms with Gasteiger partial charge in [0.05, 0.1) is 30.6 Å². The average Bonchev–Trinajstić information content (AvgIpc) is 2.52. The van der Waals surface area contributed by atoms with Crippen LogP contribution in [0.2, 0.25) is 5.02 Å². The zero-order valence-corrected chi connectivity index (χ0v) is 12.5. The minimum Gasteiger partial charge on any atom is -0.394 e. The zero-order chi connectivity index (χ0) is 15.2. The van der Waals surface area contributed by atoms with Crippen LogP contribution < -0.4 is 11.3 Å². The third kappa shape index (κ3) is 4.07. The predicted molar refractivity (Wildman–Crippen MR) is 81.2 cm³/mol. The number of carbonyl (C=O) groups excluding carboxylic acids is 1. The number of benzene rings is 1. The Hall–Kier alpha value is -1.34. The number of ether oxygens (including phenoxy) is 1. The number of nitrogens with zero attached hydrogens (tertiary/aromatic N) is 1. The van der Waals surface area contributed by atoms with Gasteiger partial charge in [-0.25, -0.2) is 0 Å². The van der Waals surface area contributed by atoms with E-state index in [1.807, 2.05) is 0 Å². The highest BCUT2D eigenvalue weighted by Crippen LogP contribution is 2.23. The van der Waals surface area contributed by atoms with Gasteiger partial charge >= 0.3 is 0 Å². The van der Waals surface area contributed by atoms with Gasteiger partial charge in [0.2, 0.25) is 0 Å². The van der Waals surface area contributed by atoms with Crippen LogP contribution in [0.4, 0.5) is 5.69 Å². The van der Waals surface area contributed by atoms with Gasteiger partial charge in [0.1, 0.15) is 0 Å². The van der Waals surface area contributed by atoms with Gasteiger partial charge in [-0.3, -0.25) is 10.6 Å². The van der Waals surface area contributed by atoms with Crippen molar-refractivity contribution in [2.45, 2.75) is 18.9 Å². The van der Waals surface area contributed by atoms with Crippen molar-refractivity contribution >= 4 is 23.2 Å².